The molecule has 0 spiro atoms. The molecule has 5 nitrogen and oxygen atoms in total. The lowest BCUT2D eigenvalue weighted by Gasteiger charge is -1.97. The third kappa shape index (κ3) is 1.33. The van der Waals surface area contributed by atoms with E-state index in [0.29, 0.717) is 11.3 Å². The minimum atomic E-state index is -0.0436. The van der Waals surface area contributed by atoms with E-state index < -0.39 is 0 Å². The number of fused-ring (bicyclic) bond motifs is 1. The Morgan fingerprint density at radius 2 is 2.38 bits per heavy atom. The molecule has 0 bridgehead atoms. The highest BCUT2D eigenvalue weighted by Gasteiger charge is 2.09. The molecule has 0 aliphatic rings. The number of carbonyl (C=O) groups is 1. The summed E-state index contributed by atoms with van der Waals surface area (Å²) in [5, 5.41) is 11.2. The number of aromatic nitrogens is 4. The second kappa shape index (κ2) is 3.21. The van der Waals surface area contributed by atoms with Gasteiger partial charge in [0.15, 0.2) is 11.4 Å². The van der Waals surface area contributed by atoms with E-state index in [4.69, 9.17) is 0 Å². The van der Waals surface area contributed by atoms with Crippen molar-refractivity contribution in [3.63, 3.8) is 0 Å². The van der Waals surface area contributed by atoms with Crippen LogP contribution in [-0.2, 0) is 0 Å². The summed E-state index contributed by atoms with van der Waals surface area (Å²) in [6, 6.07) is 5.18. The molecule has 0 saturated carbocycles. The maximum atomic E-state index is 11.4. The molecule has 2 heterocycles. The summed E-state index contributed by atoms with van der Waals surface area (Å²) in [4.78, 5) is 11.4. The van der Waals surface area contributed by atoms with E-state index in [2.05, 4.69) is 31.5 Å². The predicted octanol–water partition coefficient (Wildman–Crippen LogP) is 0.702. The molecule has 0 N–H and O–H groups in total. The van der Waals surface area contributed by atoms with Gasteiger partial charge in [-0.25, -0.2) is 0 Å². The fraction of sp³-hybridized carbons (Fsp3) is 0.143. The molecule has 0 atom stereocenters. The number of hydrogen-bond acceptors (Lipinski definition) is 4. The molecule has 2 aromatic heterocycles. The van der Waals surface area contributed by atoms with Crippen molar-refractivity contribution in [3.05, 3.63) is 23.9 Å². The number of ketones is 1. The molecule has 2 aromatic rings. The standard InChI is InChI=1S/C7H5BrN4O/c8-4-6(13)5-2-1-3-7-9-10-11-12(5)7/h1-3H,4H2. The molecule has 0 saturated heterocycles. The smallest absolute Gasteiger partial charge is 0.191 e. The normalized spacial score (nSPS) is 10.5. The Morgan fingerprint density at radius 1 is 1.54 bits per heavy atom. The molecule has 0 aromatic carbocycles. The van der Waals surface area contributed by atoms with Crippen LogP contribution in [0, 0.1) is 0 Å². The SMILES string of the molecule is O=C(CBr)c1cccc2nnnn12. The van der Waals surface area contributed by atoms with Crippen molar-refractivity contribution in [2.45, 2.75) is 0 Å². The lowest BCUT2D eigenvalue weighted by molar-refractivity contribution is 0.101. The number of halogens is 1. The van der Waals surface area contributed by atoms with Crippen LogP contribution in [-0.4, -0.2) is 31.2 Å². The average Bonchev–Trinajstić information content (AvgIpc) is 2.63. The number of hydrogen-bond donors (Lipinski definition) is 0. The first-order chi connectivity index (χ1) is 6.33. The molecule has 0 amide bonds. The number of rotatable bonds is 2. The Kier molecular flexibility index (Phi) is 2.05. The molecule has 0 fully saturated rings. The quantitative estimate of drug-likeness (QED) is 0.573. The van der Waals surface area contributed by atoms with Gasteiger partial charge in [-0.15, -0.1) is 5.10 Å². The van der Waals surface area contributed by atoms with Crippen LogP contribution in [0.1, 0.15) is 10.5 Å². The molecule has 2 rings (SSSR count). The Morgan fingerprint density at radius 3 is 3.15 bits per heavy atom. The molecule has 0 aliphatic heterocycles. The van der Waals surface area contributed by atoms with Gasteiger partial charge in [0.25, 0.3) is 0 Å². The predicted molar refractivity (Wildman–Crippen MR) is 48.9 cm³/mol. The largest absolute Gasteiger partial charge is 0.291 e. The van der Waals surface area contributed by atoms with Crippen LogP contribution < -0.4 is 0 Å². The summed E-state index contributed by atoms with van der Waals surface area (Å²) in [6.45, 7) is 0. The summed E-state index contributed by atoms with van der Waals surface area (Å²) in [6.07, 6.45) is 0. The number of tetrazole rings is 1. The van der Waals surface area contributed by atoms with Gasteiger partial charge in [0.05, 0.1) is 5.33 Å². The van der Waals surface area contributed by atoms with Crippen LogP contribution >= 0.6 is 15.9 Å². The second-order valence-corrected chi connectivity index (χ2v) is 2.98. The minimum absolute atomic E-state index is 0.0436. The first kappa shape index (κ1) is 8.31. The summed E-state index contributed by atoms with van der Waals surface area (Å²) >= 11 is 3.09. The van der Waals surface area contributed by atoms with Crippen LogP contribution in [0.4, 0.5) is 0 Å². The van der Waals surface area contributed by atoms with Gasteiger partial charge in [0.2, 0.25) is 0 Å². The number of nitrogens with zero attached hydrogens (tertiary/aromatic N) is 4. The van der Waals surface area contributed by atoms with Crippen LogP contribution in [0.2, 0.25) is 0 Å². The number of Topliss-reactive ketones (excluding diaryl/α,β-unsaturated/α-hetero) is 1. The van der Waals surface area contributed by atoms with Crippen LogP contribution in [0.25, 0.3) is 5.65 Å². The van der Waals surface area contributed by atoms with Crippen molar-refractivity contribution in [2.24, 2.45) is 0 Å². The Bertz CT molecular complexity index is 452. The van der Waals surface area contributed by atoms with Crippen molar-refractivity contribution >= 4 is 27.4 Å². The average molecular weight is 241 g/mol. The maximum Gasteiger partial charge on any atom is 0.191 e. The fourth-order valence-corrected chi connectivity index (χ4v) is 1.33. The lowest BCUT2D eigenvalue weighted by Crippen LogP contribution is -2.07. The van der Waals surface area contributed by atoms with Crippen molar-refractivity contribution in [1.82, 2.24) is 20.0 Å². The monoisotopic (exact) mass is 240 g/mol. The van der Waals surface area contributed by atoms with E-state index in [1.54, 1.807) is 18.2 Å². The third-order valence-electron chi connectivity index (χ3n) is 1.63. The van der Waals surface area contributed by atoms with Gasteiger partial charge in [-0.1, -0.05) is 22.0 Å². The van der Waals surface area contributed by atoms with Crippen LogP contribution in [0.15, 0.2) is 18.2 Å². The molecule has 6 heteroatoms. The topological polar surface area (TPSA) is 60.2 Å². The summed E-state index contributed by atoms with van der Waals surface area (Å²) in [5.41, 5.74) is 1.06. The molecule has 0 aliphatic carbocycles. The van der Waals surface area contributed by atoms with Gasteiger partial charge in [-0.05, 0) is 22.6 Å². The Balaban J connectivity index is 2.67. The van der Waals surface area contributed by atoms with Crippen molar-refractivity contribution < 1.29 is 4.79 Å². The lowest BCUT2D eigenvalue weighted by atomic mass is 10.3. The van der Waals surface area contributed by atoms with E-state index in [1.807, 2.05) is 0 Å². The van der Waals surface area contributed by atoms with Gasteiger partial charge >= 0.3 is 0 Å². The highest BCUT2D eigenvalue weighted by molar-refractivity contribution is 9.09. The second-order valence-electron chi connectivity index (χ2n) is 2.42. The number of alkyl halides is 1. The molecule has 13 heavy (non-hydrogen) atoms. The molecular formula is C7H5BrN4O. The Hall–Kier alpha value is -1.30. The number of carbonyl (C=O) groups excluding carboxylic acids is 1. The molecule has 66 valence electrons. The molecular weight excluding hydrogens is 236 g/mol. The van der Waals surface area contributed by atoms with Crippen LogP contribution in [0.5, 0.6) is 0 Å². The van der Waals surface area contributed by atoms with E-state index >= 15 is 0 Å². The van der Waals surface area contributed by atoms with E-state index in [1.165, 1.54) is 4.52 Å². The van der Waals surface area contributed by atoms with Crippen molar-refractivity contribution in [3.8, 4) is 0 Å². The number of pyridine rings is 1. The fourth-order valence-electron chi connectivity index (χ4n) is 1.04. The highest BCUT2D eigenvalue weighted by Crippen LogP contribution is 2.04. The van der Waals surface area contributed by atoms with Crippen LogP contribution in [0.3, 0.4) is 0 Å². The molecule has 0 radical (unpaired) electrons. The van der Waals surface area contributed by atoms with E-state index in [0.717, 1.165) is 0 Å². The Labute approximate surface area is 81.9 Å². The zero-order valence-corrected chi connectivity index (χ0v) is 8.10. The van der Waals surface area contributed by atoms with E-state index in [9.17, 15) is 4.79 Å². The van der Waals surface area contributed by atoms with E-state index in [-0.39, 0.29) is 11.1 Å². The third-order valence-corrected chi connectivity index (χ3v) is 2.14. The maximum absolute atomic E-state index is 11.4. The van der Waals surface area contributed by atoms with Gasteiger partial charge in [-0.3, -0.25) is 4.79 Å². The zero-order valence-electron chi connectivity index (χ0n) is 6.51. The summed E-state index contributed by atoms with van der Waals surface area (Å²) < 4.78 is 1.42. The van der Waals surface area contributed by atoms with Crippen molar-refractivity contribution in [1.29, 1.82) is 0 Å². The van der Waals surface area contributed by atoms with Gasteiger partial charge in [0, 0.05) is 0 Å². The van der Waals surface area contributed by atoms with Gasteiger partial charge in [0.1, 0.15) is 5.69 Å². The molecule has 0 unspecified atom stereocenters. The highest BCUT2D eigenvalue weighted by atomic mass is 79.9. The first-order valence-corrected chi connectivity index (χ1v) is 4.71. The van der Waals surface area contributed by atoms with Gasteiger partial charge < -0.3 is 0 Å². The first-order valence-electron chi connectivity index (χ1n) is 3.59. The summed E-state index contributed by atoms with van der Waals surface area (Å²) in [7, 11) is 0. The van der Waals surface area contributed by atoms with Gasteiger partial charge in [-0.2, -0.15) is 4.52 Å². The summed E-state index contributed by atoms with van der Waals surface area (Å²) in [5.74, 6) is -0.0436. The van der Waals surface area contributed by atoms with Crippen molar-refractivity contribution in [2.75, 3.05) is 5.33 Å². The minimum Gasteiger partial charge on any atom is -0.291 e. The zero-order chi connectivity index (χ0) is 9.26.